The number of carbonyl (C=O) groups excluding carboxylic acids is 1. The van der Waals surface area contributed by atoms with Crippen LogP contribution in [0.4, 0.5) is 0 Å². The molecule has 0 rings (SSSR count). The van der Waals surface area contributed by atoms with Crippen LogP contribution in [0.25, 0.3) is 0 Å². The van der Waals surface area contributed by atoms with Crippen LogP contribution in [0.1, 0.15) is 19.8 Å². The van der Waals surface area contributed by atoms with Crippen molar-refractivity contribution in [1.82, 2.24) is 0 Å². The summed E-state index contributed by atoms with van der Waals surface area (Å²) in [6.07, 6.45) is 12.5. The van der Waals surface area contributed by atoms with Crippen LogP contribution < -0.4 is 0 Å². The van der Waals surface area contributed by atoms with Gasteiger partial charge in [0.2, 0.25) is 0 Å². The van der Waals surface area contributed by atoms with Crippen LogP contribution in [0.3, 0.4) is 0 Å². The van der Waals surface area contributed by atoms with Crippen molar-refractivity contribution in [3.8, 4) is 12.3 Å². The van der Waals surface area contributed by atoms with E-state index in [1.807, 2.05) is 6.08 Å². The molecule has 0 spiro atoms. The highest BCUT2D eigenvalue weighted by Crippen LogP contribution is 1.93. The molecule has 0 aromatic rings. The molecule has 0 bridgehead atoms. The topological polar surface area (TPSA) is 55.8 Å². The second-order valence-electron chi connectivity index (χ2n) is 3.43. The summed E-state index contributed by atoms with van der Waals surface area (Å²) >= 11 is 0. The van der Waals surface area contributed by atoms with E-state index in [2.05, 4.69) is 5.92 Å². The zero-order valence-corrected chi connectivity index (χ0v) is 10.7. The van der Waals surface area contributed by atoms with Gasteiger partial charge in [-0.15, -0.1) is 12.3 Å². The monoisotopic (exact) mass is 252 g/mol. The van der Waals surface area contributed by atoms with Crippen molar-refractivity contribution in [3.63, 3.8) is 0 Å². The lowest BCUT2D eigenvalue weighted by Gasteiger charge is -2.01. The second-order valence-corrected chi connectivity index (χ2v) is 3.43. The molecule has 0 unspecified atom stereocenters. The van der Waals surface area contributed by atoms with Crippen LogP contribution in [0.5, 0.6) is 0 Å². The Labute approximate surface area is 108 Å². The summed E-state index contributed by atoms with van der Waals surface area (Å²) in [6.45, 7) is 2.56. The number of esters is 1. The summed E-state index contributed by atoms with van der Waals surface area (Å²) in [5, 5.41) is 9.26. The predicted molar refractivity (Wildman–Crippen MR) is 69.8 cm³/mol. The van der Waals surface area contributed by atoms with Gasteiger partial charge in [-0.25, -0.2) is 4.79 Å². The van der Waals surface area contributed by atoms with Crippen molar-refractivity contribution in [2.24, 2.45) is 0 Å². The number of allylic oxidation sites excluding steroid dienone is 2. The average molecular weight is 252 g/mol. The Hall–Kier alpha value is -1.57. The van der Waals surface area contributed by atoms with E-state index < -0.39 is 6.10 Å². The Morgan fingerprint density at radius 1 is 1.50 bits per heavy atom. The molecule has 0 saturated heterocycles. The fourth-order valence-electron chi connectivity index (χ4n) is 1.07. The third-order valence-electron chi connectivity index (χ3n) is 1.86. The molecular formula is C14H20O4. The van der Waals surface area contributed by atoms with E-state index in [-0.39, 0.29) is 12.6 Å². The number of terminal acetylenes is 1. The Morgan fingerprint density at radius 2 is 2.28 bits per heavy atom. The fraction of sp³-hybridized carbons (Fsp3) is 0.500. The van der Waals surface area contributed by atoms with E-state index in [4.69, 9.17) is 15.9 Å². The predicted octanol–water partition coefficient (Wildman–Crippen LogP) is 1.45. The van der Waals surface area contributed by atoms with Gasteiger partial charge in [0.1, 0.15) is 6.61 Å². The van der Waals surface area contributed by atoms with Gasteiger partial charge in [-0.2, -0.15) is 0 Å². The summed E-state index contributed by atoms with van der Waals surface area (Å²) in [7, 11) is 0. The normalized spacial score (nSPS) is 12.7. The molecule has 4 nitrogen and oxygen atoms in total. The first kappa shape index (κ1) is 16.4. The summed E-state index contributed by atoms with van der Waals surface area (Å²) in [4.78, 5) is 10.9. The quantitative estimate of drug-likeness (QED) is 0.292. The van der Waals surface area contributed by atoms with Crippen LogP contribution in [-0.2, 0) is 14.3 Å². The molecule has 1 atom stereocenters. The largest absolute Gasteiger partial charge is 0.464 e. The minimum atomic E-state index is -0.597. The molecular weight excluding hydrogens is 232 g/mol. The molecule has 0 aromatic carbocycles. The zero-order chi connectivity index (χ0) is 13.6. The van der Waals surface area contributed by atoms with Crippen LogP contribution in [0.2, 0.25) is 0 Å². The first-order valence-electron chi connectivity index (χ1n) is 5.89. The van der Waals surface area contributed by atoms with E-state index in [9.17, 15) is 9.90 Å². The van der Waals surface area contributed by atoms with Crippen LogP contribution in [0.15, 0.2) is 24.3 Å². The summed E-state index contributed by atoms with van der Waals surface area (Å²) in [5.74, 6) is 2.02. The number of rotatable bonds is 9. The summed E-state index contributed by atoms with van der Waals surface area (Å²) in [5.41, 5.74) is 0. The number of hydrogen-bond acceptors (Lipinski definition) is 4. The molecule has 0 saturated carbocycles. The molecule has 0 amide bonds. The first-order valence-corrected chi connectivity index (χ1v) is 5.89. The van der Waals surface area contributed by atoms with Gasteiger partial charge >= 0.3 is 5.97 Å². The number of carbonyl (C=O) groups is 1. The molecule has 0 aliphatic rings. The van der Waals surface area contributed by atoms with Crippen LogP contribution in [-0.4, -0.2) is 37.0 Å². The van der Waals surface area contributed by atoms with E-state index in [1.165, 1.54) is 0 Å². The lowest BCUT2D eigenvalue weighted by Crippen LogP contribution is -2.12. The number of ether oxygens (including phenoxy) is 2. The smallest absolute Gasteiger partial charge is 0.332 e. The average Bonchev–Trinajstić information content (AvgIpc) is 2.33. The zero-order valence-electron chi connectivity index (χ0n) is 10.7. The lowest BCUT2D eigenvalue weighted by atomic mass is 10.2. The Morgan fingerprint density at radius 3 is 2.94 bits per heavy atom. The minimum absolute atomic E-state index is 0.0155. The van der Waals surface area contributed by atoms with E-state index in [1.54, 1.807) is 25.2 Å². The number of aliphatic hydroxyl groups is 1. The Balaban J connectivity index is 3.49. The van der Waals surface area contributed by atoms with Crippen molar-refractivity contribution in [2.75, 3.05) is 19.8 Å². The van der Waals surface area contributed by atoms with Gasteiger partial charge in [0, 0.05) is 6.42 Å². The summed E-state index contributed by atoms with van der Waals surface area (Å²) in [6, 6.07) is 0. The molecule has 1 N–H and O–H groups in total. The van der Waals surface area contributed by atoms with Crippen molar-refractivity contribution < 1.29 is 19.4 Å². The van der Waals surface area contributed by atoms with E-state index in [0.29, 0.717) is 26.1 Å². The van der Waals surface area contributed by atoms with Crippen molar-refractivity contribution in [3.05, 3.63) is 24.3 Å². The fourth-order valence-corrected chi connectivity index (χ4v) is 1.07. The van der Waals surface area contributed by atoms with Gasteiger partial charge in [0.05, 0.1) is 19.3 Å². The molecule has 100 valence electrons. The van der Waals surface area contributed by atoms with Crippen molar-refractivity contribution in [1.29, 1.82) is 0 Å². The maximum Gasteiger partial charge on any atom is 0.332 e. The minimum Gasteiger partial charge on any atom is -0.464 e. The van der Waals surface area contributed by atoms with Gasteiger partial charge in [-0.05, 0) is 13.3 Å². The molecule has 0 fully saturated rings. The third kappa shape index (κ3) is 10.9. The number of aliphatic hydroxyl groups excluding tert-OH is 1. The molecule has 4 heteroatoms. The molecule has 18 heavy (non-hydrogen) atoms. The summed E-state index contributed by atoms with van der Waals surface area (Å²) < 4.78 is 9.79. The molecule has 0 aliphatic carbocycles. The standard InChI is InChI=1S/C14H20O4/c1-3-9-13(15)10-7-5-6-8-11-17-12-14(16)18-4-2/h1,5-7,10,13,15H,4,8-9,11-12H2,2H3/b6-5+,10-7+/t13-/m1/s1. The molecule has 0 heterocycles. The van der Waals surface area contributed by atoms with Gasteiger partial charge < -0.3 is 14.6 Å². The van der Waals surface area contributed by atoms with Crippen LogP contribution >= 0.6 is 0 Å². The Kier molecular flexibility index (Phi) is 10.9. The number of hydrogen-bond donors (Lipinski definition) is 1. The van der Waals surface area contributed by atoms with E-state index >= 15 is 0 Å². The molecule has 0 aromatic heterocycles. The maximum atomic E-state index is 10.9. The Bertz CT molecular complexity index is 312. The van der Waals surface area contributed by atoms with E-state index in [0.717, 1.165) is 0 Å². The van der Waals surface area contributed by atoms with Gasteiger partial charge in [-0.3, -0.25) is 0 Å². The highest BCUT2D eigenvalue weighted by Gasteiger charge is 1.99. The van der Waals surface area contributed by atoms with Gasteiger partial charge in [0.15, 0.2) is 0 Å². The SMILES string of the molecule is C#CC[C@@H](O)/C=C/C=C/CCOCC(=O)OCC. The third-order valence-corrected chi connectivity index (χ3v) is 1.86. The van der Waals surface area contributed by atoms with Gasteiger partial charge in [0.25, 0.3) is 0 Å². The van der Waals surface area contributed by atoms with Crippen LogP contribution in [0, 0.1) is 12.3 Å². The second kappa shape index (κ2) is 11.9. The molecule has 0 aliphatic heterocycles. The first-order chi connectivity index (χ1) is 8.70. The lowest BCUT2D eigenvalue weighted by molar-refractivity contribution is -0.148. The van der Waals surface area contributed by atoms with Crippen molar-refractivity contribution >= 4 is 5.97 Å². The maximum absolute atomic E-state index is 10.9. The molecule has 0 radical (unpaired) electrons. The highest BCUT2D eigenvalue weighted by molar-refractivity contribution is 5.70. The highest BCUT2D eigenvalue weighted by atomic mass is 16.6. The van der Waals surface area contributed by atoms with Gasteiger partial charge in [-0.1, -0.05) is 24.3 Å². The van der Waals surface area contributed by atoms with Crippen molar-refractivity contribution in [2.45, 2.75) is 25.9 Å².